The van der Waals surface area contributed by atoms with Crippen LogP contribution in [-0.2, 0) is 16.1 Å². The molecule has 0 spiro atoms. The first-order chi connectivity index (χ1) is 15.4. The predicted octanol–water partition coefficient (Wildman–Crippen LogP) is 5.20. The van der Waals surface area contributed by atoms with E-state index in [1.54, 1.807) is 17.0 Å². The normalized spacial score (nSPS) is 14.8. The maximum absolute atomic E-state index is 13.3. The number of ether oxygens (including phenoxy) is 1. The standard InChI is InChI=1S/C26H33ClN2O3/c1-4-24(26(31)28-22-7-5-6-8-22)29(16-20-10-12-21(27)13-11-20)25(30)17-32-23-14-9-18(2)19(3)15-23/h9-15,22,24H,4-8,16-17H2,1-3H3,(H,28,31)/t24-/m1/s1. The lowest BCUT2D eigenvalue weighted by Crippen LogP contribution is -2.52. The molecule has 172 valence electrons. The van der Waals surface area contributed by atoms with Gasteiger partial charge in [-0.3, -0.25) is 9.59 Å². The molecule has 2 aromatic rings. The first-order valence-electron chi connectivity index (χ1n) is 11.4. The minimum atomic E-state index is -0.554. The molecule has 6 heteroatoms. The molecule has 1 N–H and O–H groups in total. The number of halogens is 1. The van der Waals surface area contributed by atoms with E-state index in [9.17, 15) is 9.59 Å². The summed E-state index contributed by atoms with van der Waals surface area (Å²) in [5, 5.41) is 3.79. The average Bonchev–Trinajstić information content (AvgIpc) is 3.28. The molecule has 0 aromatic heterocycles. The molecule has 1 saturated carbocycles. The molecule has 2 amide bonds. The highest BCUT2D eigenvalue weighted by Crippen LogP contribution is 2.21. The van der Waals surface area contributed by atoms with Crippen molar-refractivity contribution in [3.05, 3.63) is 64.2 Å². The van der Waals surface area contributed by atoms with Crippen LogP contribution in [0.2, 0.25) is 5.02 Å². The zero-order chi connectivity index (χ0) is 23.1. The second kappa shape index (κ2) is 11.4. The van der Waals surface area contributed by atoms with E-state index in [1.165, 1.54) is 5.56 Å². The number of aryl methyl sites for hydroxylation is 2. The summed E-state index contributed by atoms with van der Waals surface area (Å²) in [7, 11) is 0. The van der Waals surface area contributed by atoms with Crippen LogP contribution in [0, 0.1) is 13.8 Å². The van der Waals surface area contributed by atoms with Crippen LogP contribution in [0.5, 0.6) is 5.75 Å². The number of hydrogen-bond acceptors (Lipinski definition) is 3. The van der Waals surface area contributed by atoms with E-state index in [0.29, 0.717) is 23.7 Å². The molecule has 0 bridgehead atoms. The summed E-state index contributed by atoms with van der Waals surface area (Å²) < 4.78 is 5.81. The van der Waals surface area contributed by atoms with Crippen molar-refractivity contribution in [2.75, 3.05) is 6.61 Å². The topological polar surface area (TPSA) is 58.6 Å². The third-order valence-corrected chi connectivity index (χ3v) is 6.45. The highest BCUT2D eigenvalue weighted by molar-refractivity contribution is 6.30. The van der Waals surface area contributed by atoms with Gasteiger partial charge < -0.3 is 15.0 Å². The molecular weight excluding hydrogens is 424 g/mol. The summed E-state index contributed by atoms with van der Waals surface area (Å²) in [5.74, 6) is 0.343. The van der Waals surface area contributed by atoms with Crippen LogP contribution in [0.15, 0.2) is 42.5 Å². The van der Waals surface area contributed by atoms with Crippen molar-refractivity contribution >= 4 is 23.4 Å². The second-order valence-corrected chi connectivity index (χ2v) is 9.03. The Morgan fingerprint density at radius 1 is 1.09 bits per heavy atom. The van der Waals surface area contributed by atoms with Gasteiger partial charge in [0.2, 0.25) is 5.91 Å². The maximum atomic E-state index is 13.3. The van der Waals surface area contributed by atoms with E-state index >= 15 is 0 Å². The second-order valence-electron chi connectivity index (χ2n) is 8.60. The third kappa shape index (κ3) is 6.49. The first kappa shape index (κ1) is 24.1. The molecule has 2 aromatic carbocycles. The van der Waals surface area contributed by atoms with Gasteiger partial charge in [0, 0.05) is 17.6 Å². The van der Waals surface area contributed by atoms with Gasteiger partial charge in [-0.15, -0.1) is 0 Å². The maximum Gasteiger partial charge on any atom is 0.261 e. The number of hydrogen-bond donors (Lipinski definition) is 1. The Hall–Kier alpha value is -2.53. The number of benzene rings is 2. The summed E-state index contributed by atoms with van der Waals surface area (Å²) in [4.78, 5) is 28.0. The largest absolute Gasteiger partial charge is 0.484 e. The van der Waals surface area contributed by atoms with E-state index in [-0.39, 0.29) is 24.5 Å². The van der Waals surface area contributed by atoms with Crippen LogP contribution in [0.1, 0.15) is 55.7 Å². The molecule has 0 saturated heterocycles. The fourth-order valence-electron chi connectivity index (χ4n) is 4.11. The molecule has 5 nitrogen and oxygen atoms in total. The zero-order valence-electron chi connectivity index (χ0n) is 19.2. The number of carbonyl (C=O) groups excluding carboxylic acids is 2. The van der Waals surface area contributed by atoms with Crippen LogP contribution < -0.4 is 10.1 Å². The van der Waals surface area contributed by atoms with Crippen LogP contribution >= 0.6 is 11.6 Å². The van der Waals surface area contributed by atoms with Gasteiger partial charge in [0.05, 0.1) is 0 Å². The van der Waals surface area contributed by atoms with E-state index in [4.69, 9.17) is 16.3 Å². The number of rotatable bonds is 9. The Labute approximate surface area is 196 Å². The third-order valence-electron chi connectivity index (χ3n) is 6.19. The van der Waals surface area contributed by atoms with Crippen molar-refractivity contribution in [3.63, 3.8) is 0 Å². The minimum absolute atomic E-state index is 0.0899. The molecule has 3 rings (SSSR count). The fourth-order valence-corrected chi connectivity index (χ4v) is 4.23. The molecule has 0 heterocycles. The van der Waals surface area contributed by atoms with Gasteiger partial charge >= 0.3 is 0 Å². The van der Waals surface area contributed by atoms with E-state index < -0.39 is 6.04 Å². The lowest BCUT2D eigenvalue weighted by molar-refractivity contribution is -0.143. The van der Waals surface area contributed by atoms with Crippen LogP contribution in [0.25, 0.3) is 0 Å². The van der Waals surface area contributed by atoms with Crippen molar-refractivity contribution in [1.29, 1.82) is 0 Å². The minimum Gasteiger partial charge on any atom is -0.484 e. The van der Waals surface area contributed by atoms with Crippen molar-refractivity contribution in [3.8, 4) is 5.75 Å². The number of nitrogens with one attached hydrogen (secondary N) is 1. The monoisotopic (exact) mass is 456 g/mol. The van der Waals surface area contributed by atoms with Crippen molar-refractivity contribution in [2.45, 2.75) is 71.5 Å². The average molecular weight is 457 g/mol. The molecular formula is C26H33ClN2O3. The quantitative estimate of drug-likeness (QED) is 0.564. The molecule has 32 heavy (non-hydrogen) atoms. The molecule has 1 fully saturated rings. The van der Waals surface area contributed by atoms with E-state index in [1.807, 2.05) is 51.1 Å². The highest BCUT2D eigenvalue weighted by atomic mass is 35.5. The van der Waals surface area contributed by atoms with Crippen molar-refractivity contribution in [1.82, 2.24) is 10.2 Å². The lowest BCUT2D eigenvalue weighted by Gasteiger charge is -2.31. The van der Waals surface area contributed by atoms with Gasteiger partial charge in [0.1, 0.15) is 11.8 Å². The van der Waals surface area contributed by atoms with E-state index in [0.717, 1.165) is 36.8 Å². The molecule has 1 aliphatic rings. The summed E-state index contributed by atoms with van der Waals surface area (Å²) in [6.45, 7) is 6.18. The predicted molar refractivity (Wildman–Crippen MR) is 128 cm³/mol. The van der Waals surface area contributed by atoms with Crippen LogP contribution in [0.3, 0.4) is 0 Å². The number of carbonyl (C=O) groups is 2. The smallest absolute Gasteiger partial charge is 0.261 e. The zero-order valence-corrected chi connectivity index (χ0v) is 20.0. The summed E-state index contributed by atoms with van der Waals surface area (Å²) in [6.07, 6.45) is 4.81. The van der Waals surface area contributed by atoms with Crippen LogP contribution in [-0.4, -0.2) is 35.4 Å². The molecule has 0 aliphatic heterocycles. The first-order valence-corrected chi connectivity index (χ1v) is 11.8. The van der Waals surface area contributed by atoms with Gasteiger partial charge in [0.15, 0.2) is 6.61 Å². The van der Waals surface area contributed by atoms with Crippen LogP contribution in [0.4, 0.5) is 0 Å². The molecule has 1 aliphatic carbocycles. The lowest BCUT2D eigenvalue weighted by atomic mass is 10.1. The Kier molecular flexibility index (Phi) is 8.57. The highest BCUT2D eigenvalue weighted by Gasteiger charge is 2.30. The number of nitrogens with zero attached hydrogens (tertiary/aromatic N) is 1. The van der Waals surface area contributed by atoms with Gasteiger partial charge in [-0.25, -0.2) is 0 Å². The fraction of sp³-hybridized carbons (Fsp3) is 0.462. The van der Waals surface area contributed by atoms with E-state index in [2.05, 4.69) is 5.32 Å². The Morgan fingerprint density at radius 3 is 2.41 bits per heavy atom. The molecule has 0 unspecified atom stereocenters. The van der Waals surface area contributed by atoms with Crippen molar-refractivity contribution < 1.29 is 14.3 Å². The van der Waals surface area contributed by atoms with Gasteiger partial charge in [-0.1, -0.05) is 49.6 Å². The van der Waals surface area contributed by atoms with Crippen molar-refractivity contribution in [2.24, 2.45) is 0 Å². The van der Waals surface area contributed by atoms with Gasteiger partial charge in [-0.2, -0.15) is 0 Å². The Morgan fingerprint density at radius 2 is 1.78 bits per heavy atom. The summed E-state index contributed by atoms with van der Waals surface area (Å²) in [6, 6.07) is 12.8. The summed E-state index contributed by atoms with van der Waals surface area (Å²) >= 11 is 6.02. The van der Waals surface area contributed by atoms with Gasteiger partial charge in [-0.05, 0) is 74.1 Å². The molecule has 0 radical (unpaired) electrons. The SMILES string of the molecule is CC[C@H](C(=O)NC1CCCC1)N(Cc1ccc(Cl)cc1)C(=O)COc1ccc(C)c(C)c1. The number of amides is 2. The van der Waals surface area contributed by atoms with Gasteiger partial charge in [0.25, 0.3) is 5.91 Å². The Balaban J connectivity index is 1.75. The molecule has 1 atom stereocenters. The summed E-state index contributed by atoms with van der Waals surface area (Å²) in [5.41, 5.74) is 3.19. The Bertz CT molecular complexity index is 923.